The number of phenols is 1. The van der Waals surface area contributed by atoms with Crippen LogP contribution >= 0.6 is 34.8 Å². The van der Waals surface area contributed by atoms with E-state index in [0.717, 1.165) is 0 Å². The summed E-state index contributed by atoms with van der Waals surface area (Å²) in [5, 5.41) is 35.2. The maximum absolute atomic E-state index is 9.01. The molecule has 0 radical (unpaired) electrons. The minimum Gasteiger partial charge on any atom is -0.505 e. The second-order valence-corrected chi connectivity index (χ2v) is 4.98. The molecule has 0 aliphatic heterocycles. The molecule has 0 aliphatic carbocycles. The molecule has 0 atom stereocenters. The summed E-state index contributed by atoms with van der Waals surface area (Å²) < 4.78 is 0. The smallest absolute Gasteiger partial charge is 0.152 e. The number of benzene rings is 1. The fourth-order valence-electron chi connectivity index (χ4n) is 1.29. The number of aliphatic hydroxyl groups excluding tert-OH is 3. The number of hydrogen-bond acceptors (Lipinski definition) is 5. The van der Waals surface area contributed by atoms with Crippen molar-refractivity contribution in [1.29, 1.82) is 0 Å². The van der Waals surface area contributed by atoms with E-state index >= 15 is 0 Å². The van der Waals surface area contributed by atoms with Gasteiger partial charge in [-0.3, -0.25) is 4.90 Å². The van der Waals surface area contributed by atoms with Gasteiger partial charge in [-0.2, -0.15) is 0 Å². The van der Waals surface area contributed by atoms with E-state index in [0.29, 0.717) is 24.7 Å². The summed E-state index contributed by atoms with van der Waals surface area (Å²) in [6, 6.07) is 2.84. The van der Waals surface area contributed by atoms with Crippen LogP contribution in [0.5, 0.6) is 5.75 Å². The molecule has 0 saturated carbocycles. The lowest BCUT2D eigenvalue weighted by Gasteiger charge is -2.17. The summed E-state index contributed by atoms with van der Waals surface area (Å²) in [5.74, 6) is -0.132. The fourth-order valence-corrected chi connectivity index (χ4v) is 2.11. The summed E-state index contributed by atoms with van der Waals surface area (Å²) in [6.07, 6.45) is 0. The lowest BCUT2D eigenvalue weighted by atomic mass is 10.3. The lowest BCUT2D eigenvalue weighted by molar-refractivity contribution is 0.136. The van der Waals surface area contributed by atoms with Gasteiger partial charge in [-0.15, -0.1) is 0 Å². The molecule has 0 unspecified atom stereocenters. The summed E-state index contributed by atoms with van der Waals surface area (Å²) >= 11 is 16.5. The molecule has 0 spiro atoms. The van der Waals surface area contributed by atoms with E-state index < -0.39 is 0 Å². The van der Waals surface area contributed by atoms with Crippen molar-refractivity contribution in [1.82, 2.24) is 4.90 Å². The van der Waals surface area contributed by atoms with Gasteiger partial charge in [-0.05, 0) is 12.1 Å². The first kappa shape index (κ1) is 19.7. The van der Waals surface area contributed by atoms with Crippen LogP contribution in [-0.4, -0.2) is 64.8 Å². The predicted molar refractivity (Wildman–Crippen MR) is 80.8 cm³/mol. The average molecular weight is 347 g/mol. The highest BCUT2D eigenvalue weighted by atomic mass is 35.5. The largest absolute Gasteiger partial charge is 0.505 e. The van der Waals surface area contributed by atoms with Crippen molar-refractivity contribution in [2.45, 2.75) is 0 Å². The molecule has 0 saturated heterocycles. The monoisotopic (exact) mass is 345 g/mol. The number of halogens is 3. The zero-order valence-corrected chi connectivity index (χ0v) is 13.0. The zero-order chi connectivity index (χ0) is 15.5. The zero-order valence-electron chi connectivity index (χ0n) is 10.8. The van der Waals surface area contributed by atoms with Gasteiger partial charge >= 0.3 is 0 Å². The normalized spacial score (nSPS) is 10.3. The van der Waals surface area contributed by atoms with Crippen LogP contribution < -0.4 is 0 Å². The van der Waals surface area contributed by atoms with Crippen molar-refractivity contribution in [3.8, 4) is 5.75 Å². The van der Waals surface area contributed by atoms with Gasteiger partial charge in [0, 0.05) is 24.7 Å². The fraction of sp³-hybridized carbons (Fsp3) is 0.500. The summed E-state index contributed by atoms with van der Waals surface area (Å²) in [5.41, 5.74) is 0. The Kier molecular flexibility index (Phi) is 11.2. The van der Waals surface area contributed by atoms with Gasteiger partial charge < -0.3 is 20.4 Å². The average Bonchev–Trinajstić information content (AvgIpc) is 2.37. The van der Waals surface area contributed by atoms with Gasteiger partial charge in [0.05, 0.1) is 29.9 Å². The van der Waals surface area contributed by atoms with Gasteiger partial charge in [0.1, 0.15) is 0 Å². The van der Waals surface area contributed by atoms with Crippen molar-refractivity contribution in [3.63, 3.8) is 0 Å². The van der Waals surface area contributed by atoms with E-state index in [1.807, 2.05) is 0 Å². The Hall–Kier alpha value is -0.270. The Morgan fingerprint density at radius 1 is 0.800 bits per heavy atom. The second kappa shape index (κ2) is 11.4. The van der Waals surface area contributed by atoms with Crippen molar-refractivity contribution >= 4 is 34.8 Å². The number of aliphatic hydroxyl groups is 3. The molecule has 116 valence electrons. The van der Waals surface area contributed by atoms with Gasteiger partial charge in [-0.1, -0.05) is 34.8 Å². The summed E-state index contributed by atoms with van der Waals surface area (Å²) in [6.45, 7) is 1.75. The number of rotatable bonds is 6. The Morgan fingerprint density at radius 3 is 1.45 bits per heavy atom. The first-order valence-corrected chi connectivity index (χ1v) is 6.98. The van der Waals surface area contributed by atoms with Crippen molar-refractivity contribution < 1.29 is 20.4 Å². The van der Waals surface area contributed by atoms with Crippen molar-refractivity contribution in [2.75, 3.05) is 39.5 Å². The first-order valence-electron chi connectivity index (χ1n) is 5.84. The maximum atomic E-state index is 9.01. The predicted octanol–water partition coefficient (Wildman–Crippen LogP) is 1.62. The third-order valence-corrected chi connectivity index (χ3v) is 3.02. The molecule has 0 aliphatic rings. The number of hydrogen-bond donors (Lipinski definition) is 4. The second-order valence-electron chi connectivity index (χ2n) is 3.73. The van der Waals surface area contributed by atoms with Crippen LogP contribution in [0.1, 0.15) is 0 Å². The van der Waals surface area contributed by atoms with Crippen LogP contribution in [0.4, 0.5) is 0 Å². The molecular formula is C12H18Cl3NO4. The maximum Gasteiger partial charge on any atom is 0.152 e. The summed E-state index contributed by atoms with van der Waals surface area (Å²) in [7, 11) is 0. The SMILES string of the molecule is OCCN(CCO)CCO.Oc1c(Cl)cc(Cl)cc1Cl. The lowest BCUT2D eigenvalue weighted by Crippen LogP contribution is -2.32. The quantitative estimate of drug-likeness (QED) is 0.629. The Labute approximate surface area is 132 Å². The van der Waals surface area contributed by atoms with Crippen LogP contribution in [0, 0.1) is 0 Å². The molecule has 0 aromatic heterocycles. The molecule has 0 bridgehead atoms. The summed E-state index contributed by atoms with van der Waals surface area (Å²) in [4.78, 5) is 1.79. The van der Waals surface area contributed by atoms with E-state index in [4.69, 9.17) is 55.2 Å². The van der Waals surface area contributed by atoms with Crippen LogP contribution in [0.3, 0.4) is 0 Å². The molecule has 0 fully saturated rings. The van der Waals surface area contributed by atoms with Crippen LogP contribution in [0.15, 0.2) is 12.1 Å². The van der Waals surface area contributed by atoms with Crippen LogP contribution in [0.2, 0.25) is 15.1 Å². The molecule has 1 aromatic rings. The Balaban J connectivity index is 0.000000361. The molecule has 1 aromatic carbocycles. The number of phenolic OH excluding ortho intramolecular Hbond substituents is 1. The highest BCUT2D eigenvalue weighted by molar-refractivity contribution is 6.40. The Bertz CT molecular complexity index is 356. The van der Waals surface area contributed by atoms with Gasteiger partial charge in [0.15, 0.2) is 5.75 Å². The van der Waals surface area contributed by atoms with Crippen molar-refractivity contribution in [2.24, 2.45) is 0 Å². The van der Waals surface area contributed by atoms with Gasteiger partial charge in [0.2, 0.25) is 0 Å². The molecule has 0 amide bonds. The number of nitrogens with zero attached hydrogens (tertiary/aromatic N) is 1. The van der Waals surface area contributed by atoms with E-state index in [1.165, 1.54) is 12.1 Å². The third kappa shape index (κ3) is 8.11. The van der Waals surface area contributed by atoms with Crippen molar-refractivity contribution in [3.05, 3.63) is 27.2 Å². The highest BCUT2D eigenvalue weighted by Gasteiger charge is 2.04. The molecule has 0 heterocycles. The standard InChI is InChI=1S/C6H3Cl3O.C6H15NO3/c7-3-1-4(8)6(10)5(9)2-3;8-4-1-7(2-5-9)3-6-10/h1-2,10H;8-10H,1-6H2. The van der Waals surface area contributed by atoms with E-state index in [9.17, 15) is 0 Å². The van der Waals surface area contributed by atoms with E-state index in [2.05, 4.69) is 0 Å². The minimum absolute atomic E-state index is 0.0694. The molecule has 4 N–H and O–H groups in total. The van der Waals surface area contributed by atoms with E-state index in [-0.39, 0.29) is 35.6 Å². The number of aromatic hydroxyl groups is 1. The molecular weight excluding hydrogens is 328 g/mol. The molecule has 5 nitrogen and oxygen atoms in total. The van der Waals surface area contributed by atoms with Crippen LogP contribution in [-0.2, 0) is 0 Å². The van der Waals surface area contributed by atoms with E-state index in [1.54, 1.807) is 4.90 Å². The third-order valence-electron chi connectivity index (χ3n) is 2.23. The van der Waals surface area contributed by atoms with Crippen LogP contribution in [0.25, 0.3) is 0 Å². The minimum atomic E-state index is -0.132. The Morgan fingerprint density at radius 2 is 1.15 bits per heavy atom. The molecule has 1 rings (SSSR count). The molecule has 20 heavy (non-hydrogen) atoms. The highest BCUT2D eigenvalue weighted by Crippen LogP contribution is 2.34. The molecule has 8 heteroatoms. The topological polar surface area (TPSA) is 84.2 Å². The van der Waals surface area contributed by atoms with Gasteiger partial charge in [-0.25, -0.2) is 0 Å². The first-order chi connectivity index (χ1) is 9.46. The van der Waals surface area contributed by atoms with Gasteiger partial charge in [0.25, 0.3) is 0 Å².